The summed E-state index contributed by atoms with van der Waals surface area (Å²) >= 11 is 0. The normalized spacial score (nSPS) is 10.6. The van der Waals surface area contributed by atoms with Gasteiger partial charge in [0.05, 0.1) is 13.2 Å². The number of aryl methyl sites for hydroxylation is 1. The highest BCUT2D eigenvalue weighted by Gasteiger charge is 2.07. The van der Waals surface area contributed by atoms with E-state index in [0.29, 0.717) is 44.8 Å². The fourth-order valence-corrected chi connectivity index (χ4v) is 2.55. The lowest BCUT2D eigenvalue weighted by atomic mass is 10.2. The monoisotopic (exact) mass is 383 g/mol. The van der Waals surface area contributed by atoms with E-state index in [1.807, 2.05) is 30.3 Å². The van der Waals surface area contributed by atoms with Crippen molar-refractivity contribution in [2.24, 2.45) is 0 Å². The third kappa shape index (κ3) is 5.87. The zero-order chi connectivity index (χ0) is 19.6. The molecular formula is C20H22FN5O2. The maximum absolute atomic E-state index is 13.4. The molecule has 0 bridgehead atoms. The molecule has 0 atom stereocenters. The summed E-state index contributed by atoms with van der Waals surface area (Å²) in [6, 6.07) is 15.9. The molecule has 1 heterocycles. The molecule has 3 rings (SSSR count). The van der Waals surface area contributed by atoms with Crippen molar-refractivity contribution >= 4 is 5.91 Å². The summed E-state index contributed by atoms with van der Waals surface area (Å²) < 4.78 is 18.7. The Morgan fingerprint density at radius 2 is 1.86 bits per heavy atom. The molecule has 0 fully saturated rings. The number of tetrazole rings is 1. The number of aromatic nitrogens is 4. The highest BCUT2D eigenvalue weighted by atomic mass is 19.1. The van der Waals surface area contributed by atoms with E-state index in [4.69, 9.17) is 4.74 Å². The number of amides is 1. The van der Waals surface area contributed by atoms with E-state index in [9.17, 15) is 9.18 Å². The predicted molar refractivity (Wildman–Crippen MR) is 102 cm³/mol. The molecule has 0 saturated carbocycles. The highest BCUT2D eigenvalue weighted by Crippen LogP contribution is 2.15. The number of ether oxygens (including phenoxy) is 1. The molecule has 1 N–H and O–H groups in total. The maximum Gasteiger partial charge on any atom is 0.220 e. The number of para-hydroxylation sites is 1. The Bertz CT molecular complexity index is 885. The van der Waals surface area contributed by atoms with E-state index in [1.54, 1.807) is 18.2 Å². The molecule has 0 aliphatic rings. The van der Waals surface area contributed by atoms with Gasteiger partial charge in [-0.2, -0.15) is 4.80 Å². The number of carbonyl (C=O) groups excluding carboxylic acids is 1. The first-order chi connectivity index (χ1) is 13.7. The molecule has 3 aromatic rings. The van der Waals surface area contributed by atoms with Crippen molar-refractivity contribution in [2.45, 2.75) is 25.8 Å². The summed E-state index contributed by atoms with van der Waals surface area (Å²) in [5.74, 6) is 0.363. The number of halogens is 1. The van der Waals surface area contributed by atoms with Gasteiger partial charge in [0, 0.05) is 18.5 Å². The average molecular weight is 383 g/mol. The number of hydrogen-bond acceptors (Lipinski definition) is 5. The molecule has 0 saturated heterocycles. The van der Waals surface area contributed by atoms with Crippen LogP contribution in [0, 0.1) is 5.82 Å². The second-order valence-corrected chi connectivity index (χ2v) is 6.16. The third-order valence-corrected chi connectivity index (χ3v) is 3.98. The molecule has 2 aromatic carbocycles. The van der Waals surface area contributed by atoms with Crippen molar-refractivity contribution in [3.05, 3.63) is 60.4 Å². The number of nitrogens with one attached hydrogen (secondary N) is 1. The van der Waals surface area contributed by atoms with E-state index >= 15 is 0 Å². The van der Waals surface area contributed by atoms with E-state index < -0.39 is 0 Å². The summed E-state index contributed by atoms with van der Waals surface area (Å²) in [5, 5.41) is 15.2. The van der Waals surface area contributed by atoms with Crippen LogP contribution in [-0.2, 0) is 11.3 Å². The quantitative estimate of drug-likeness (QED) is 0.545. The van der Waals surface area contributed by atoms with Crippen molar-refractivity contribution in [3.8, 4) is 17.1 Å². The van der Waals surface area contributed by atoms with Crippen LogP contribution in [0.2, 0.25) is 0 Å². The Morgan fingerprint density at radius 3 is 2.68 bits per heavy atom. The lowest BCUT2D eigenvalue weighted by molar-refractivity contribution is -0.121. The van der Waals surface area contributed by atoms with Crippen molar-refractivity contribution in [1.82, 2.24) is 25.5 Å². The Labute approximate surface area is 162 Å². The Balaban J connectivity index is 1.29. The van der Waals surface area contributed by atoms with E-state index in [-0.39, 0.29) is 17.5 Å². The minimum atomic E-state index is -0.385. The van der Waals surface area contributed by atoms with Crippen LogP contribution in [0.5, 0.6) is 5.75 Å². The molecule has 1 aromatic heterocycles. The van der Waals surface area contributed by atoms with Gasteiger partial charge in [-0.05, 0) is 30.2 Å². The summed E-state index contributed by atoms with van der Waals surface area (Å²) in [6.45, 7) is 1.34. The second kappa shape index (κ2) is 10.1. The molecule has 146 valence electrons. The molecule has 7 nitrogen and oxygen atoms in total. The molecular weight excluding hydrogens is 361 g/mol. The minimum absolute atomic E-state index is 0.0470. The van der Waals surface area contributed by atoms with Gasteiger partial charge in [0.1, 0.15) is 0 Å². The zero-order valence-corrected chi connectivity index (χ0v) is 15.4. The molecule has 0 radical (unpaired) electrons. The van der Waals surface area contributed by atoms with Gasteiger partial charge < -0.3 is 10.1 Å². The van der Waals surface area contributed by atoms with Gasteiger partial charge in [0.2, 0.25) is 11.7 Å². The molecule has 8 heteroatoms. The Kier molecular flexibility index (Phi) is 7.06. The number of benzene rings is 2. The van der Waals surface area contributed by atoms with Crippen LogP contribution in [0.3, 0.4) is 0 Å². The van der Waals surface area contributed by atoms with Crippen LogP contribution in [-0.4, -0.2) is 39.3 Å². The predicted octanol–water partition coefficient (Wildman–Crippen LogP) is 2.84. The molecule has 0 aliphatic carbocycles. The number of rotatable bonds is 10. The lowest BCUT2D eigenvalue weighted by Crippen LogP contribution is -2.25. The van der Waals surface area contributed by atoms with Crippen LogP contribution in [0.15, 0.2) is 54.6 Å². The summed E-state index contributed by atoms with van der Waals surface area (Å²) in [5.41, 5.74) is 0.907. The topological polar surface area (TPSA) is 81.9 Å². The minimum Gasteiger partial charge on any atom is -0.490 e. The molecule has 0 unspecified atom stereocenters. The van der Waals surface area contributed by atoms with Gasteiger partial charge in [0.25, 0.3) is 0 Å². The summed E-state index contributed by atoms with van der Waals surface area (Å²) in [4.78, 5) is 13.4. The fraction of sp³-hybridized carbons (Fsp3) is 0.300. The van der Waals surface area contributed by atoms with Gasteiger partial charge in [-0.25, -0.2) is 4.39 Å². The number of hydrogen-bond donors (Lipinski definition) is 1. The molecule has 1 amide bonds. The van der Waals surface area contributed by atoms with Gasteiger partial charge in [0.15, 0.2) is 11.6 Å². The summed E-state index contributed by atoms with van der Waals surface area (Å²) in [7, 11) is 0. The molecule has 0 aliphatic heterocycles. The SMILES string of the molecule is O=C(CCCn1nnc(-c2ccccc2)n1)NCCCOc1ccccc1F. The van der Waals surface area contributed by atoms with Crippen LogP contribution >= 0.6 is 0 Å². The van der Waals surface area contributed by atoms with Crippen molar-refractivity contribution in [2.75, 3.05) is 13.2 Å². The first-order valence-electron chi connectivity index (χ1n) is 9.19. The van der Waals surface area contributed by atoms with Crippen LogP contribution in [0.4, 0.5) is 4.39 Å². The standard InChI is InChI=1S/C20H22FN5O2/c21-17-10-4-5-11-18(17)28-15-7-13-22-19(27)12-6-14-26-24-20(23-25-26)16-8-2-1-3-9-16/h1-5,8-11H,6-7,12-15H2,(H,22,27). The van der Waals surface area contributed by atoms with Gasteiger partial charge >= 0.3 is 0 Å². The van der Waals surface area contributed by atoms with Crippen LogP contribution in [0.25, 0.3) is 11.4 Å². The first kappa shape index (κ1) is 19.5. The van der Waals surface area contributed by atoms with E-state index in [1.165, 1.54) is 10.9 Å². The maximum atomic E-state index is 13.4. The first-order valence-corrected chi connectivity index (χ1v) is 9.19. The largest absolute Gasteiger partial charge is 0.490 e. The van der Waals surface area contributed by atoms with Crippen molar-refractivity contribution in [3.63, 3.8) is 0 Å². The van der Waals surface area contributed by atoms with E-state index in [0.717, 1.165) is 5.56 Å². The number of nitrogens with zero attached hydrogens (tertiary/aromatic N) is 4. The van der Waals surface area contributed by atoms with Gasteiger partial charge in [-0.1, -0.05) is 42.5 Å². The average Bonchev–Trinajstić information content (AvgIpc) is 3.19. The van der Waals surface area contributed by atoms with E-state index in [2.05, 4.69) is 20.7 Å². The smallest absolute Gasteiger partial charge is 0.220 e. The fourth-order valence-electron chi connectivity index (χ4n) is 2.55. The summed E-state index contributed by atoms with van der Waals surface area (Å²) in [6.07, 6.45) is 1.59. The Morgan fingerprint density at radius 1 is 1.07 bits per heavy atom. The third-order valence-electron chi connectivity index (χ3n) is 3.98. The molecule has 28 heavy (non-hydrogen) atoms. The molecule has 0 spiro atoms. The van der Waals surface area contributed by atoms with Crippen LogP contribution in [0.1, 0.15) is 19.3 Å². The number of carbonyl (C=O) groups is 1. The second-order valence-electron chi connectivity index (χ2n) is 6.16. The lowest BCUT2D eigenvalue weighted by Gasteiger charge is -2.08. The zero-order valence-electron chi connectivity index (χ0n) is 15.4. The van der Waals surface area contributed by atoms with Gasteiger partial charge in [-0.3, -0.25) is 4.79 Å². The van der Waals surface area contributed by atoms with Gasteiger partial charge in [-0.15, -0.1) is 10.2 Å². The highest BCUT2D eigenvalue weighted by molar-refractivity contribution is 5.75. The Hall–Kier alpha value is -3.29. The van der Waals surface area contributed by atoms with Crippen LogP contribution < -0.4 is 10.1 Å². The van der Waals surface area contributed by atoms with Crippen molar-refractivity contribution in [1.29, 1.82) is 0 Å². The van der Waals surface area contributed by atoms with Crippen molar-refractivity contribution < 1.29 is 13.9 Å².